The summed E-state index contributed by atoms with van der Waals surface area (Å²) in [5.41, 5.74) is 3.24. The standard InChI is InChI=1S/C21H27N3O2/c1-3-17-4-10-20(11-5-17)26-16-21(25)22-18-6-8-19(9-7-18)24-14-12-23(2)13-15-24/h4-11H,3,12-16H2,1-2H3,(H,22,25). The molecule has 1 N–H and O–H groups in total. The lowest BCUT2D eigenvalue weighted by Crippen LogP contribution is -2.44. The number of rotatable bonds is 6. The zero-order valence-electron chi connectivity index (χ0n) is 15.6. The van der Waals surface area contributed by atoms with E-state index < -0.39 is 0 Å². The normalized spacial score (nSPS) is 14.9. The highest BCUT2D eigenvalue weighted by Gasteiger charge is 2.14. The molecular formula is C21H27N3O2. The van der Waals surface area contributed by atoms with Crippen molar-refractivity contribution in [3.8, 4) is 5.75 Å². The highest BCUT2D eigenvalue weighted by molar-refractivity contribution is 5.92. The predicted molar refractivity (Wildman–Crippen MR) is 106 cm³/mol. The first-order valence-corrected chi connectivity index (χ1v) is 9.19. The van der Waals surface area contributed by atoms with Gasteiger partial charge in [-0.15, -0.1) is 0 Å². The summed E-state index contributed by atoms with van der Waals surface area (Å²) in [7, 11) is 2.15. The Labute approximate surface area is 155 Å². The van der Waals surface area contributed by atoms with Crippen LogP contribution in [0.4, 0.5) is 11.4 Å². The van der Waals surface area contributed by atoms with Gasteiger partial charge in [0.2, 0.25) is 0 Å². The zero-order chi connectivity index (χ0) is 18.4. The van der Waals surface area contributed by atoms with Crippen LogP contribution in [-0.2, 0) is 11.2 Å². The molecule has 0 atom stereocenters. The molecule has 1 amide bonds. The number of hydrogen-bond donors (Lipinski definition) is 1. The van der Waals surface area contributed by atoms with Gasteiger partial charge in [0.25, 0.3) is 5.91 Å². The molecular weight excluding hydrogens is 326 g/mol. The van der Waals surface area contributed by atoms with Gasteiger partial charge < -0.3 is 19.9 Å². The van der Waals surface area contributed by atoms with Gasteiger partial charge in [-0.1, -0.05) is 19.1 Å². The van der Waals surface area contributed by atoms with Crippen LogP contribution in [0.3, 0.4) is 0 Å². The van der Waals surface area contributed by atoms with Crippen LogP contribution in [0.15, 0.2) is 48.5 Å². The van der Waals surface area contributed by atoms with Gasteiger partial charge in [-0.3, -0.25) is 4.79 Å². The Morgan fingerprint density at radius 1 is 1.00 bits per heavy atom. The third-order valence-electron chi connectivity index (χ3n) is 4.72. The van der Waals surface area contributed by atoms with Crippen LogP contribution in [0.25, 0.3) is 0 Å². The van der Waals surface area contributed by atoms with Gasteiger partial charge in [-0.2, -0.15) is 0 Å². The number of amides is 1. The van der Waals surface area contributed by atoms with Crippen molar-refractivity contribution in [2.24, 2.45) is 0 Å². The van der Waals surface area contributed by atoms with Gasteiger partial charge in [0.1, 0.15) is 5.75 Å². The quantitative estimate of drug-likeness (QED) is 0.867. The van der Waals surface area contributed by atoms with Crippen molar-refractivity contribution in [3.63, 3.8) is 0 Å². The summed E-state index contributed by atoms with van der Waals surface area (Å²) in [5.74, 6) is 0.555. The van der Waals surface area contributed by atoms with Crippen molar-refractivity contribution < 1.29 is 9.53 Å². The van der Waals surface area contributed by atoms with Gasteiger partial charge in [0.15, 0.2) is 6.61 Å². The second-order valence-electron chi connectivity index (χ2n) is 6.67. The molecule has 1 aliphatic rings. The molecule has 0 saturated carbocycles. The fraction of sp³-hybridized carbons (Fsp3) is 0.381. The molecule has 3 rings (SSSR count). The highest BCUT2D eigenvalue weighted by Crippen LogP contribution is 2.19. The lowest BCUT2D eigenvalue weighted by molar-refractivity contribution is -0.118. The number of piperazine rings is 1. The summed E-state index contributed by atoms with van der Waals surface area (Å²) < 4.78 is 5.54. The molecule has 1 heterocycles. The summed E-state index contributed by atoms with van der Waals surface area (Å²) in [6.07, 6.45) is 0.991. The van der Waals surface area contributed by atoms with Crippen LogP contribution in [0.5, 0.6) is 5.75 Å². The number of nitrogens with one attached hydrogen (secondary N) is 1. The molecule has 0 unspecified atom stereocenters. The lowest BCUT2D eigenvalue weighted by atomic mass is 10.2. The molecule has 0 radical (unpaired) electrons. The third kappa shape index (κ3) is 4.99. The van der Waals surface area contributed by atoms with Gasteiger partial charge in [0.05, 0.1) is 0 Å². The maximum absolute atomic E-state index is 12.1. The van der Waals surface area contributed by atoms with Crippen molar-refractivity contribution >= 4 is 17.3 Å². The molecule has 0 bridgehead atoms. The molecule has 1 aliphatic heterocycles. The molecule has 5 heteroatoms. The number of hydrogen-bond acceptors (Lipinski definition) is 4. The van der Waals surface area contributed by atoms with E-state index in [1.807, 2.05) is 36.4 Å². The first-order chi connectivity index (χ1) is 12.6. The van der Waals surface area contributed by atoms with E-state index in [4.69, 9.17) is 4.74 Å². The molecule has 26 heavy (non-hydrogen) atoms. The first-order valence-electron chi connectivity index (χ1n) is 9.19. The van der Waals surface area contributed by atoms with Gasteiger partial charge in [-0.25, -0.2) is 0 Å². The molecule has 138 valence electrons. The van der Waals surface area contributed by atoms with Crippen molar-refractivity contribution in [2.45, 2.75) is 13.3 Å². The highest BCUT2D eigenvalue weighted by atomic mass is 16.5. The fourth-order valence-corrected chi connectivity index (χ4v) is 2.99. The monoisotopic (exact) mass is 353 g/mol. The number of anilines is 2. The fourth-order valence-electron chi connectivity index (χ4n) is 2.99. The van der Waals surface area contributed by atoms with Crippen LogP contribution in [0.1, 0.15) is 12.5 Å². The average molecular weight is 353 g/mol. The Bertz CT molecular complexity index is 705. The van der Waals surface area contributed by atoms with E-state index in [-0.39, 0.29) is 12.5 Å². The van der Waals surface area contributed by atoms with E-state index in [0.29, 0.717) is 5.75 Å². The topological polar surface area (TPSA) is 44.8 Å². The minimum absolute atomic E-state index is 0.00564. The average Bonchev–Trinajstić information content (AvgIpc) is 2.68. The van der Waals surface area contributed by atoms with E-state index in [0.717, 1.165) is 38.3 Å². The Balaban J connectivity index is 1.47. The number of carbonyl (C=O) groups is 1. The Hall–Kier alpha value is -2.53. The van der Waals surface area contributed by atoms with Crippen LogP contribution in [0.2, 0.25) is 0 Å². The van der Waals surface area contributed by atoms with Crippen molar-refractivity contribution in [2.75, 3.05) is 50.1 Å². The van der Waals surface area contributed by atoms with E-state index >= 15 is 0 Å². The summed E-state index contributed by atoms with van der Waals surface area (Å²) >= 11 is 0. The number of aryl methyl sites for hydroxylation is 1. The second kappa shape index (κ2) is 8.72. The SMILES string of the molecule is CCc1ccc(OCC(=O)Nc2ccc(N3CCN(C)CC3)cc2)cc1. The predicted octanol–water partition coefficient (Wildman–Crippen LogP) is 3.02. The molecule has 1 saturated heterocycles. The molecule has 1 fully saturated rings. The van der Waals surface area contributed by atoms with Crippen molar-refractivity contribution in [1.82, 2.24) is 4.90 Å². The zero-order valence-corrected chi connectivity index (χ0v) is 15.6. The second-order valence-corrected chi connectivity index (χ2v) is 6.67. The Morgan fingerprint density at radius 3 is 2.27 bits per heavy atom. The van der Waals surface area contributed by atoms with Gasteiger partial charge >= 0.3 is 0 Å². The smallest absolute Gasteiger partial charge is 0.262 e. The first kappa shape index (κ1) is 18.3. The molecule has 0 spiro atoms. The Kier molecular flexibility index (Phi) is 6.12. The Morgan fingerprint density at radius 2 is 1.65 bits per heavy atom. The third-order valence-corrected chi connectivity index (χ3v) is 4.72. The number of likely N-dealkylation sites (N-methyl/N-ethyl adjacent to an activating group) is 1. The van der Waals surface area contributed by atoms with Crippen LogP contribution in [-0.4, -0.2) is 50.6 Å². The molecule has 0 aliphatic carbocycles. The van der Waals surface area contributed by atoms with Crippen molar-refractivity contribution in [1.29, 1.82) is 0 Å². The minimum Gasteiger partial charge on any atom is -0.484 e. The molecule has 2 aromatic carbocycles. The lowest BCUT2D eigenvalue weighted by Gasteiger charge is -2.34. The van der Waals surface area contributed by atoms with Crippen molar-refractivity contribution in [3.05, 3.63) is 54.1 Å². The minimum atomic E-state index is -0.156. The largest absolute Gasteiger partial charge is 0.484 e. The van der Waals surface area contributed by atoms with Crippen LogP contribution >= 0.6 is 0 Å². The summed E-state index contributed by atoms with van der Waals surface area (Å²) in [5, 5.41) is 2.88. The number of carbonyl (C=O) groups excluding carboxylic acids is 1. The number of ether oxygens (including phenoxy) is 1. The molecule has 5 nitrogen and oxygen atoms in total. The van der Waals surface area contributed by atoms with Crippen LogP contribution in [0, 0.1) is 0 Å². The maximum Gasteiger partial charge on any atom is 0.262 e. The summed E-state index contributed by atoms with van der Waals surface area (Å²) in [6.45, 7) is 6.34. The molecule has 0 aromatic heterocycles. The van der Waals surface area contributed by atoms with Gasteiger partial charge in [0, 0.05) is 37.6 Å². The summed E-state index contributed by atoms with van der Waals surface area (Å²) in [4.78, 5) is 16.8. The summed E-state index contributed by atoms with van der Waals surface area (Å²) in [6, 6.07) is 15.8. The molecule has 2 aromatic rings. The number of benzene rings is 2. The van der Waals surface area contributed by atoms with E-state index in [1.165, 1.54) is 11.3 Å². The number of nitrogens with zero attached hydrogens (tertiary/aromatic N) is 2. The maximum atomic E-state index is 12.1. The van der Waals surface area contributed by atoms with Gasteiger partial charge in [-0.05, 0) is 55.4 Å². The van der Waals surface area contributed by atoms with E-state index in [2.05, 4.69) is 41.2 Å². The van der Waals surface area contributed by atoms with Crippen LogP contribution < -0.4 is 15.0 Å². The van der Waals surface area contributed by atoms with E-state index in [1.54, 1.807) is 0 Å². The van der Waals surface area contributed by atoms with E-state index in [9.17, 15) is 4.79 Å².